The number of benzene rings is 1. The maximum atomic E-state index is 15.6. The summed E-state index contributed by atoms with van der Waals surface area (Å²) in [5.74, 6) is -0.992. The lowest BCUT2D eigenvalue weighted by Gasteiger charge is -2.35. The van der Waals surface area contributed by atoms with Crippen LogP contribution in [0, 0.1) is 5.82 Å². The van der Waals surface area contributed by atoms with E-state index in [0.29, 0.717) is 69.3 Å². The molecular formula is C26H28F3N7O3. The monoisotopic (exact) mass is 543 g/mol. The molecule has 13 heteroatoms. The lowest BCUT2D eigenvalue weighted by atomic mass is 10.1. The molecule has 1 amide bonds. The molecule has 3 N–H and O–H groups in total. The van der Waals surface area contributed by atoms with Crippen LogP contribution in [0.4, 0.5) is 30.5 Å². The number of rotatable bonds is 6. The highest BCUT2D eigenvalue weighted by molar-refractivity contribution is 6.07. The first-order valence-electron chi connectivity index (χ1n) is 12.6. The fourth-order valence-corrected chi connectivity index (χ4v) is 4.74. The van der Waals surface area contributed by atoms with Gasteiger partial charge in [-0.05, 0) is 25.1 Å². The Labute approximate surface area is 222 Å². The summed E-state index contributed by atoms with van der Waals surface area (Å²) < 4.78 is 48.3. The first kappa shape index (κ1) is 26.6. The number of hydrogen-bond acceptors (Lipinski definition) is 8. The fraction of sp³-hybridized carbons (Fsp3) is 0.385. The van der Waals surface area contributed by atoms with Crippen molar-refractivity contribution in [2.24, 2.45) is 0 Å². The van der Waals surface area contributed by atoms with Crippen LogP contribution in [0.15, 0.2) is 41.5 Å². The molecule has 0 bridgehead atoms. The number of amides is 1. The van der Waals surface area contributed by atoms with Crippen molar-refractivity contribution in [2.75, 3.05) is 61.1 Å². The number of hydrogen-bond donors (Lipinski definition) is 3. The number of halogens is 3. The number of anilines is 3. The Balaban J connectivity index is 1.55. The Bertz CT molecular complexity index is 1410. The molecule has 0 radical (unpaired) electrons. The molecule has 2 saturated heterocycles. The molecule has 0 spiro atoms. The lowest BCUT2D eigenvalue weighted by Crippen LogP contribution is -2.49. The van der Waals surface area contributed by atoms with E-state index in [9.17, 15) is 18.4 Å². The molecule has 2 fully saturated rings. The normalized spacial score (nSPS) is 17.9. The van der Waals surface area contributed by atoms with Crippen LogP contribution in [0.2, 0.25) is 0 Å². The van der Waals surface area contributed by atoms with Crippen LogP contribution >= 0.6 is 0 Å². The van der Waals surface area contributed by atoms with Gasteiger partial charge < -0.3 is 30.2 Å². The molecule has 0 saturated carbocycles. The number of morpholine rings is 1. The molecule has 39 heavy (non-hydrogen) atoms. The number of ether oxygens (including phenoxy) is 1. The van der Waals surface area contributed by atoms with Crippen molar-refractivity contribution in [3.8, 4) is 11.3 Å². The second-order valence-corrected chi connectivity index (χ2v) is 9.41. The zero-order valence-corrected chi connectivity index (χ0v) is 21.2. The minimum atomic E-state index is -3.04. The molecular weight excluding hydrogens is 515 g/mol. The summed E-state index contributed by atoms with van der Waals surface area (Å²) in [7, 11) is 0. The highest BCUT2D eigenvalue weighted by Crippen LogP contribution is 2.35. The molecule has 1 aromatic carbocycles. The Morgan fingerprint density at radius 2 is 1.97 bits per heavy atom. The van der Waals surface area contributed by atoms with Crippen molar-refractivity contribution >= 4 is 23.2 Å². The number of nitrogens with one attached hydrogen (secondary N) is 3. The highest BCUT2D eigenvalue weighted by atomic mass is 19.3. The third-order valence-corrected chi connectivity index (χ3v) is 6.69. The predicted octanol–water partition coefficient (Wildman–Crippen LogP) is 2.80. The van der Waals surface area contributed by atoms with Gasteiger partial charge in [0, 0.05) is 68.4 Å². The number of alkyl halides is 2. The van der Waals surface area contributed by atoms with Crippen molar-refractivity contribution in [3.63, 3.8) is 0 Å². The first-order chi connectivity index (χ1) is 18.8. The summed E-state index contributed by atoms with van der Waals surface area (Å²) >= 11 is 0. The van der Waals surface area contributed by atoms with Gasteiger partial charge in [-0.1, -0.05) is 0 Å². The van der Waals surface area contributed by atoms with Crippen molar-refractivity contribution in [1.29, 1.82) is 0 Å². The van der Waals surface area contributed by atoms with Crippen molar-refractivity contribution < 1.29 is 22.7 Å². The average molecular weight is 544 g/mol. The number of aromatic nitrogens is 3. The van der Waals surface area contributed by atoms with E-state index in [1.807, 2.05) is 16.7 Å². The Morgan fingerprint density at radius 1 is 1.18 bits per heavy atom. The summed E-state index contributed by atoms with van der Waals surface area (Å²) in [6.45, 7) is 5.96. The molecule has 0 aliphatic carbocycles. The van der Waals surface area contributed by atoms with Crippen LogP contribution in [0.25, 0.3) is 11.3 Å². The van der Waals surface area contributed by atoms with Gasteiger partial charge in [0.15, 0.2) is 0 Å². The van der Waals surface area contributed by atoms with E-state index in [1.165, 1.54) is 18.3 Å². The standard InChI is InChI=1S/C26H28F3N7O3/c1-15-14-36(5-4-30-15)22-12-19(27)17(20-2-3-31-26(34-20)35-6-8-39-9-7-35)10-21(22)33-25(38)18-13-32-23(37)11-16(18)24(28)29/h2-3,10-13,15,24,30H,4-9,14H2,1H3,(H,32,37)(H,33,38)/t15-/m0/s1. The van der Waals surface area contributed by atoms with Gasteiger partial charge in [0.25, 0.3) is 12.3 Å². The van der Waals surface area contributed by atoms with Crippen LogP contribution in [0.5, 0.6) is 0 Å². The largest absolute Gasteiger partial charge is 0.378 e. The van der Waals surface area contributed by atoms with E-state index >= 15 is 4.39 Å². The Morgan fingerprint density at radius 3 is 2.72 bits per heavy atom. The molecule has 4 heterocycles. The number of carbonyl (C=O) groups is 1. The fourth-order valence-electron chi connectivity index (χ4n) is 4.74. The van der Waals surface area contributed by atoms with E-state index in [4.69, 9.17) is 4.74 Å². The van der Waals surface area contributed by atoms with Crippen LogP contribution in [-0.4, -0.2) is 72.8 Å². The van der Waals surface area contributed by atoms with Gasteiger partial charge in [-0.25, -0.2) is 23.1 Å². The second-order valence-electron chi connectivity index (χ2n) is 9.41. The average Bonchev–Trinajstić information content (AvgIpc) is 2.94. The maximum Gasteiger partial charge on any atom is 0.264 e. The van der Waals surface area contributed by atoms with Crippen molar-refractivity contribution in [3.05, 3.63) is 64.0 Å². The number of H-pyrrole nitrogens is 1. The topological polar surface area (TPSA) is 115 Å². The first-order valence-corrected chi connectivity index (χ1v) is 12.6. The third-order valence-electron chi connectivity index (χ3n) is 6.69. The molecule has 10 nitrogen and oxygen atoms in total. The summed E-state index contributed by atoms with van der Waals surface area (Å²) in [6.07, 6.45) is -0.550. The van der Waals surface area contributed by atoms with E-state index in [2.05, 4.69) is 25.6 Å². The molecule has 206 valence electrons. The third kappa shape index (κ3) is 5.88. The molecule has 2 aromatic heterocycles. The van der Waals surface area contributed by atoms with Crippen LogP contribution in [-0.2, 0) is 4.74 Å². The highest BCUT2D eigenvalue weighted by Gasteiger charge is 2.25. The smallest absolute Gasteiger partial charge is 0.264 e. The predicted molar refractivity (Wildman–Crippen MR) is 140 cm³/mol. The van der Waals surface area contributed by atoms with Gasteiger partial charge in [-0.15, -0.1) is 0 Å². The van der Waals surface area contributed by atoms with Gasteiger partial charge in [0.2, 0.25) is 11.5 Å². The molecule has 1 atom stereocenters. The Hall–Kier alpha value is -3.97. The second kappa shape index (κ2) is 11.4. The number of nitrogens with zero attached hydrogens (tertiary/aromatic N) is 4. The summed E-state index contributed by atoms with van der Waals surface area (Å²) in [5.41, 5.74) is -0.775. The lowest BCUT2D eigenvalue weighted by molar-refractivity contribution is 0.101. The summed E-state index contributed by atoms with van der Waals surface area (Å²) in [6, 6.07) is 5.14. The molecule has 3 aromatic rings. The summed E-state index contributed by atoms with van der Waals surface area (Å²) in [5, 5.41) is 5.99. The molecule has 0 unspecified atom stereocenters. The Kier molecular flexibility index (Phi) is 7.79. The summed E-state index contributed by atoms with van der Waals surface area (Å²) in [4.78, 5) is 39.8. The van der Waals surface area contributed by atoms with E-state index in [1.54, 1.807) is 6.07 Å². The minimum Gasteiger partial charge on any atom is -0.378 e. The number of carbonyl (C=O) groups excluding carboxylic acids is 1. The molecule has 5 rings (SSSR count). The van der Waals surface area contributed by atoms with Gasteiger partial charge in [0.1, 0.15) is 5.82 Å². The number of aromatic amines is 1. The molecule has 2 aliphatic rings. The van der Waals surface area contributed by atoms with Gasteiger partial charge in [-0.3, -0.25) is 9.59 Å². The van der Waals surface area contributed by atoms with Crippen molar-refractivity contribution in [2.45, 2.75) is 19.4 Å². The van der Waals surface area contributed by atoms with E-state index < -0.39 is 29.3 Å². The zero-order chi connectivity index (χ0) is 27.5. The van der Waals surface area contributed by atoms with Crippen LogP contribution < -0.4 is 26.0 Å². The molecule has 2 aliphatic heterocycles. The van der Waals surface area contributed by atoms with E-state index in [0.717, 1.165) is 6.20 Å². The van der Waals surface area contributed by atoms with Crippen molar-refractivity contribution in [1.82, 2.24) is 20.3 Å². The maximum absolute atomic E-state index is 15.6. The van der Waals surface area contributed by atoms with E-state index in [-0.39, 0.29) is 22.9 Å². The van der Waals surface area contributed by atoms with Gasteiger partial charge in [-0.2, -0.15) is 0 Å². The zero-order valence-electron chi connectivity index (χ0n) is 21.2. The quantitative estimate of drug-likeness (QED) is 0.435. The van der Waals surface area contributed by atoms with Crippen LogP contribution in [0.3, 0.4) is 0 Å². The number of pyridine rings is 1. The minimum absolute atomic E-state index is 0.104. The SMILES string of the molecule is C[C@H]1CN(c2cc(F)c(-c3ccnc(N4CCOCC4)n3)cc2NC(=O)c2c[nH]c(=O)cc2C(F)F)CCN1. The van der Waals surface area contributed by atoms with Gasteiger partial charge in [0.05, 0.1) is 35.8 Å². The van der Waals surface area contributed by atoms with Crippen LogP contribution in [0.1, 0.15) is 29.3 Å². The van der Waals surface area contributed by atoms with Gasteiger partial charge >= 0.3 is 0 Å². The number of piperazine rings is 1.